The van der Waals surface area contributed by atoms with Crippen molar-refractivity contribution in [3.05, 3.63) is 0 Å². The van der Waals surface area contributed by atoms with E-state index < -0.39 is 0 Å². The molecular formula is C15H28O2. The average molecular weight is 240 g/mol. The zero-order valence-electron chi connectivity index (χ0n) is 11.8. The highest BCUT2D eigenvalue weighted by Crippen LogP contribution is 2.27. The number of hydrogen-bond donors (Lipinski definition) is 0. The average Bonchev–Trinajstić information content (AvgIpc) is 2.28. The minimum atomic E-state index is -0.358. The van der Waals surface area contributed by atoms with Crippen molar-refractivity contribution < 1.29 is 9.53 Å². The topological polar surface area (TPSA) is 26.3 Å². The Hall–Kier alpha value is -0.530. The van der Waals surface area contributed by atoms with Gasteiger partial charge in [-0.25, -0.2) is 0 Å². The molecule has 0 amide bonds. The van der Waals surface area contributed by atoms with Crippen LogP contribution in [0, 0.1) is 11.3 Å². The van der Waals surface area contributed by atoms with Gasteiger partial charge in [-0.05, 0) is 39.5 Å². The molecule has 0 bridgehead atoms. The van der Waals surface area contributed by atoms with Crippen LogP contribution in [0.15, 0.2) is 0 Å². The van der Waals surface area contributed by atoms with Crippen LogP contribution < -0.4 is 0 Å². The molecule has 17 heavy (non-hydrogen) atoms. The van der Waals surface area contributed by atoms with Crippen molar-refractivity contribution in [3.8, 4) is 0 Å². The van der Waals surface area contributed by atoms with Crippen molar-refractivity contribution in [1.82, 2.24) is 0 Å². The number of ether oxygens (including phenoxy) is 1. The summed E-state index contributed by atoms with van der Waals surface area (Å²) in [5.74, 6) is 0.872. The van der Waals surface area contributed by atoms with Crippen LogP contribution in [0.1, 0.15) is 72.1 Å². The van der Waals surface area contributed by atoms with Crippen LogP contribution in [-0.4, -0.2) is 12.6 Å². The molecule has 0 heterocycles. The van der Waals surface area contributed by atoms with Crippen LogP contribution in [0.3, 0.4) is 0 Å². The quantitative estimate of drug-likeness (QED) is 0.528. The van der Waals surface area contributed by atoms with Crippen molar-refractivity contribution >= 4 is 5.97 Å². The molecule has 0 aromatic rings. The highest BCUT2D eigenvalue weighted by molar-refractivity contribution is 5.75. The number of carbonyl (C=O) groups is 1. The van der Waals surface area contributed by atoms with Gasteiger partial charge < -0.3 is 4.74 Å². The molecule has 1 fully saturated rings. The Morgan fingerprint density at radius 1 is 1.12 bits per heavy atom. The van der Waals surface area contributed by atoms with Crippen LogP contribution in [0.4, 0.5) is 0 Å². The molecule has 1 saturated carbocycles. The summed E-state index contributed by atoms with van der Waals surface area (Å²) in [6.07, 6.45) is 10.7. The van der Waals surface area contributed by atoms with E-state index in [0.29, 0.717) is 6.61 Å². The summed E-state index contributed by atoms with van der Waals surface area (Å²) in [5, 5.41) is 0. The molecule has 1 aliphatic carbocycles. The second-order valence-electron chi connectivity index (χ2n) is 6.39. The summed E-state index contributed by atoms with van der Waals surface area (Å²) >= 11 is 0. The van der Waals surface area contributed by atoms with Gasteiger partial charge in [0.2, 0.25) is 0 Å². The molecule has 0 N–H and O–H groups in total. The molecule has 2 heteroatoms. The third kappa shape index (κ3) is 6.09. The van der Waals surface area contributed by atoms with Crippen LogP contribution >= 0.6 is 0 Å². The minimum Gasteiger partial charge on any atom is -0.465 e. The van der Waals surface area contributed by atoms with Crippen LogP contribution in [-0.2, 0) is 9.53 Å². The summed E-state index contributed by atoms with van der Waals surface area (Å²) in [7, 11) is 0. The van der Waals surface area contributed by atoms with Gasteiger partial charge >= 0.3 is 5.97 Å². The number of rotatable bonds is 5. The lowest BCUT2D eigenvalue weighted by Gasteiger charge is -2.21. The van der Waals surface area contributed by atoms with Gasteiger partial charge in [-0.3, -0.25) is 4.79 Å². The predicted molar refractivity (Wildman–Crippen MR) is 70.8 cm³/mol. The van der Waals surface area contributed by atoms with E-state index in [1.54, 1.807) is 0 Å². The Bertz CT molecular complexity index is 222. The van der Waals surface area contributed by atoms with E-state index in [1.807, 2.05) is 20.8 Å². The molecule has 0 aromatic carbocycles. The summed E-state index contributed by atoms with van der Waals surface area (Å²) in [5.41, 5.74) is -0.358. The van der Waals surface area contributed by atoms with E-state index in [2.05, 4.69) is 0 Å². The number of esters is 1. The summed E-state index contributed by atoms with van der Waals surface area (Å²) in [4.78, 5) is 11.5. The maximum Gasteiger partial charge on any atom is 0.311 e. The van der Waals surface area contributed by atoms with Crippen molar-refractivity contribution in [2.24, 2.45) is 11.3 Å². The Morgan fingerprint density at radius 3 is 2.35 bits per heavy atom. The Kier molecular flexibility index (Phi) is 6.01. The van der Waals surface area contributed by atoms with Crippen molar-refractivity contribution in [2.75, 3.05) is 6.61 Å². The summed E-state index contributed by atoms with van der Waals surface area (Å²) in [6, 6.07) is 0. The molecule has 0 aliphatic heterocycles. The first-order chi connectivity index (χ1) is 8.00. The lowest BCUT2D eigenvalue weighted by atomic mass is 9.86. The third-order valence-electron chi connectivity index (χ3n) is 3.58. The van der Waals surface area contributed by atoms with Gasteiger partial charge in [0.15, 0.2) is 0 Å². The Balaban J connectivity index is 1.99. The molecule has 0 spiro atoms. The fraction of sp³-hybridized carbons (Fsp3) is 0.933. The van der Waals surface area contributed by atoms with E-state index in [9.17, 15) is 4.79 Å². The van der Waals surface area contributed by atoms with Gasteiger partial charge in [0.25, 0.3) is 0 Å². The second-order valence-corrected chi connectivity index (χ2v) is 6.39. The van der Waals surface area contributed by atoms with E-state index in [0.717, 1.165) is 12.3 Å². The molecule has 1 aliphatic rings. The zero-order chi connectivity index (χ0) is 12.7. The lowest BCUT2D eigenvalue weighted by Crippen LogP contribution is -2.23. The van der Waals surface area contributed by atoms with E-state index in [1.165, 1.54) is 44.9 Å². The Morgan fingerprint density at radius 2 is 1.76 bits per heavy atom. The molecule has 0 unspecified atom stereocenters. The second kappa shape index (κ2) is 7.03. The Labute approximate surface area is 106 Å². The molecule has 0 aromatic heterocycles. The van der Waals surface area contributed by atoms with Gasteiger partial charge in [0.05, 0.1) is 12.0 Å². The van der Waals surface area contributed by atoms with Gasteiger partial charge in [0.1, 0.15) is 0 Å². The van der Waals surface area contributed by atoms with Crippen molar-refractivity contribution in [1.29, 1.82) is 0 Å². The van der Waals surface area contributed by atoms with E-state index in [4.69, 9.17) is 4.74 Å². The molecular weight excluding hydrogens is 212 g/mol. The molecule has 100 valence electrons. The largest absolute Gasteiger partial charge is 0.465 e. The minimum absolute atomic E-state index is 0.0739. The first kappa shape index (κ1) is 14.5. The number of carbonyl (C=O) groups excluding carboxylic acids is 1. The highest BCUT2D eigenvalue weighted by Gasteiger charge is 2.22. The molecule has 0 radical (unpaired) electrons. The normalized spacial score (nSPS) is 18.1. The molecule has 0 atom stereocenters. The first-order valence-electron chi connectivity index (χ1n) is 7.17. The third-order valence-corrected chi connectivity index (χ3v) is 3.58. The van der Waals surface area contributed by atoms with Crippen molar-refractivity contribution in [2.45, 2.75) is 72.1 Å². The standard InChI is InChI=1S/C15H28O2/c1-15(2,3)14(16)17-12-8-7-11-13-9-5-4-6-10-13/h13H,4-12H2,1-3H3. The van der Waals surface area contributed by atoms with Crippen LogP contribution in [0.2, 0.25) is 0 Å². The van der Waals surface area contributed by atoms with Gasteiger partial charge in [-0.15, -0.1) is 0 Å². The van der Waals surface area contributed by atoms with Crippen LogP contribution in [0.5, 0.6) is 0 Å². The first-order valence-corrected chi connectivity index (χ1v) is 7.17. The lowest BCUT2D eigenvalue weighted by molar-refractivity contribution is -0.153. The van der Waals surface area contributed by atoms with E-state index >= 15 is 0 Å². The maximum absolute atomic E-state index is 11.5. The zero-order valence-corrected chi connectivity index (χ0v) is 11.8. The highest BCUT2D eigenvalue weighted by atomic mass is 16.5. The molecule has 2 nitrogen and oxygen atoms in total. The van der Waals surface area contributed by atoms with Gasteiger partial charge in [-0.1, -0.05) is 38.5 Å². The molecule has 1 rings (SSSR count). The number of hydrogen-bond acceptors (Lipinski definition) is 2. The van der Waals surface area contributed by atoms with Crippen LogP contribution in [0.25, 0.3) is 0 Å². The van der Waals surface area contributed by atoms with Gasteiger partial charge in [-0.2, -0.15) is 0 Å². The smallest absolute Gasteiger partial charge is 0.311 e. The fourth-order valence-corrected chi connectivity index (χ4v) is 2.39. The van der Waals surface area contributed by atoms with Crippen molar-refractivity contribution in [3.63, 3.8) is 0 Å². The number of unbranched alkanes of at least 4 members (excludes halogenated alkanes) is 1. The fourth-order valence-electron chi connectivity index (χ4n) is 2.39. The van der Waals surface area contributed by atoms with E-state index in [-0.39, 0.29) is 11.4 Å². The monoisotopic (exact) mass is 240 g/mol. The summed E-state index contributed by atoms with van der Waals surface area (Å²) < 4.78 is 5.26. The SMILES string of the molecule is CC(C)(C)C(=O)OCCCCC1CCCCC1. The van der Waals surface area contributed by atoms with Gasteiger partial charge in [0, 0.05) is 0 Å². The summed E-state index contributed by atoms with van der Waals surface area (Å²) in [6.45, 7) is 6.30. The predicted octanol–water partition coefficient (Wildman–Crippen LogP) is 4.33. The maximum atomic E-state index is 11.5. The molecule has 0 saturated heterocycles.